The van der Waals surface area contributed by atoms with E-state index in [-0.39, 0.29) is 41.6 Å². The lowest BCUT2D eigenvalue weighted by molar-refractivity contribution is -0.200. The Hall–Kier alpha value is -1.63. The number of carbonyl (C=O) groups is 3. The molecule has 2 bridgehead atoms. The van der Waals surface area contributed by atoms with Gasteiger partial charge >= 0.3 is 11.9 Å². The second-order valence-corrected chi connectivity index (χ2v) is 9.97. The minimum atomic E-state index is -1.31. The maximum absolute atomic E-state index is 14.0. The van der Waals surface area contributed by atoms with Crippen molar-refractivity contribution in [3.8, 4) is 0 Å². The number of aliphatic hydroxyl groups is 1. The van der Waals surface area contributed by atoms with E-state index in [0.717, 1.165) is 12.8 Å². The summed E-state index contributed by atoms with van der Waals surface area (Å²) in [5, 5.41) is 12.3. The van der Waals surface area contributed by atoms with Crippen LogP contribution in [0.4, 0.5) is 0 Å². The molecule has 3 unspecified atom stereocenters. The SMILES string of the molecule is CC[C@H]1C2OC(=O)C(C)C2[C@@]2(O)C[C@@H]([C@@H]3C[C@H](C)C(=O)O3)N3CCCC[C@@]12C3=O. The van der Waals surface area contributed by atoms with Gasteiger partial charge in [-0.2, -0.15) is 0 Å². The molecule has 0 radical (unpaired) electrons. The van der Waals surface area contributed by atoms with Crippen molar-refractivity contribution in [3.63, 3.8) is 0 Å². The molecule has 4 aliphatic heterocycles. The number of carbonyl (C=O) groups excluding carboxylic acids is 3. The van der Waals surface area contributed by atoms with Crippen LogP contribution < -0.4 is 0 Å². The van der Waals surface area contributed by atoms with Crippen molar-refractivity contribution >= 4 is 17.8 Å². The molecule has 5 rings (SSSR count). The van der Waals surface area contributed by atoms with Gasteiger partial charge in [0, 0.05) is 24.8 Å². The lowest BCUT2D eigenvalue weighted by atomic mass is 9.58. The number of ether oxygens (including phenoxy) is 2. The summed E-state index contributed by atoms with van der Waals surface area (Å²) in [5.41, 5.74) is -2.22. The van der Waals surface area contributed by atoms with Crippen LogP contribution in [0, 0.1) is 29.1 Å². The molecule has 1 N–H and O–H groups in total. The normalized spacial score (nSPS) is 51.4. The molecule has 160 valence electrons. The first-order chi connectivity index (χ1) is 13.8. The number of fused-ring (bicyclic) bond motifs is 3. The predicted molar refractivity (Wildman–Crippen MR) is 101 cm³/mol. The average Bonchev–Trinajstić information content (AvgIpc) is 3.19. The molecule has 0 aromatic heterocycles. The zero-order valence-corrected chi connectivity index (χ0v) is 17.4. The van der Waals surface area contributed by atoms with Crippen LogP contribution >= 0.6 is 0 Å². The summed E-state index contributed by atoms with van der Waals surface area (Å²) in [5.74, 6) is -1.72. The van der Waals surface area contributed by atoms with Crippen molar-refractivity contribution in [2.24, 2.45) is 29.1 Å². The number of cyclic esters (lactones) is 1. The molecule has 0 aromatic carbocycles. The van der Waals surface area contributed by atoms with Crippen LogP contribution in [0.1, 0.15) is 59.3 Å². The van der Waals surface area contributed by atoms with Crippen molar-refractivity contribution in [2.45, 2.75) is 83.1 Å². The van der Waals surface area contributed by atoms with Gasteiger partial charge in [-0.3, -0.25) is 14.4 Å². The Morgan fingerprint density at radius 1 is 1.14 bits per heavy atom. The first-order valence-corrected chi connectivity index (χ1v) is 11.2. The molecule has 4 heterocycles. The van der Waals surface area contributed by atoms with Crippen LogP contribution in [0.5, 0.6) is 0 Å². The molecular formula is C22H31NO6. The van der Waals surface area contributed by atoms with Gasteiger partial charge in [0.05, 0.1) is 28.9 Å². The van der Waals surface area contributed by atoms with Crippen molar-refractivity contribution in [1.82, 2.24) is 4.90 Å². The van der Waals surface area contributed by atoms with Gasteiger partial charge < -0.3 is 19.5 Å². The number of hydrogen-bond donors (Lipinski definition) is 1. The van der Waals surface area contributed by atoms with Gasteiger partial charge in [-0.05, 0) is 25.7 Å². The van der Waals surface area contributed by atoms with Crippen molar-refractivity contribution in [2.75, 3.05) is 6.54 Å². The van der Waals surface area contributed by atoms with E-state index in [1.54, 1.807) is 0 Å². The summed E-state index contributed by atoms with van der Waals surface area (Å²) in [6.07, 6.45) is 3.14. The quantitative estimate of drug-likeness (QED) is 0.703. The topological polar surface area (TPSA) is 93.1 Å². The smallest absolute Gasteiger partial charge is 0.309 e. The zero-order chi connectivity index (χ0) is 20.7. The third kappa shape index (κ3) is 2.20. The lowest BCUT2D eigenvalue weighted by Crippen LogP contribution is -2.69. The number of piperidine rings is 1. The van der Waals surface area contributed by atoms with Crippen molar-refractivity contribution < 1.29 is 29.0 Å². The number of rotatable bonds is 2. The second-order valence-electron chi connectivity index (χ2n) is 9.97. The molecule has 1 amide bonds. The monoisotopic (exact) mass is 405 g/mol. The zero-order valence-electron chi connectivity index (χ0n) is 17.4. The Balaban J connectivity index is 1.63. The molecule has 4 saturated heterocycles. The van der Waals surface area contributed by atoms with Crippen molar-refractivity contribution in [3.05, 3.63) is 0 Å². The van der Waals surface area contributed by atoms with E-state index in [2.05, 4.69) is 0 Å². The Morgan fingerprint density at radius 2 is 1.90 bits per heavy atom. The molecular weight excluding hydrogens is 374 g/mol. The highest BCUT2D eigenvalue weighted by molar-refractivity contribution is 5.89. The highest BCUT2D eigenvalue weighted by atomic mass is 16.6. The maximum atomic E-state index is 14.0. The first-order valence-electron chi connectivity index (χ1n) is 11.2. The summed E-state index contributed by atoms with van der Waals surface area (Å²) < 4.78 is 11.4. The van der Waals surface area contributed by atoms with E-state index in [0.29, 0.717) is 32.2 Å². The van der Waals surface area contributed by atoms with E-state index in [1.165, 1.54) is 0 Å². The van der Waals surface area contributed by atoms with Crippen LogP contribution in [0.25, 0.3) is 0 Å². The van der Waals surface area contributed by atoms with E-state index in [1.807, 2.05) is 25.7 Å². The maximum Gasteiger partial charge on any atom is 0.309 e. The summed E-state index contributed by atoms with van der Waals surface area (Å²) in [7, 11) is 0. The third-order valence-electron chi connectivity index (χ3n) is 8.78. The number of amides is 1. The minimum absolute atomic E-state index is 0.0196. The summed E-state index contributed by atoms with van der Waals surface area (Å²) in [6.45, 7) is 6.31. The highest BCUT2D eigenvalue weighted by Crippen LogP contribution is 2.67. The molecule has 7 heteroatoms. The third-order valence-corrected chi connectivity index (χ3v) is 8.78. The van der Waals surface area contributed by atoms with Gasteiger partial charge in [0.1, 0.15) is 12.2 Å². The van der Waals surface area contributed by atoms with E-state index >= 15 is 0 Å². The Kier molecular flexibility index (Phi) is 4.13. The van der Waals surface area contributed by atoms with Gasteiger partial charge in [0.15, 0.2) is 0 Å². The first kappa shape index (κ1) is 19.3. The lowest BCUT2D eigenvalue weighted by Gasteiger charge is -2.55. The summed E-state index contributed by atoms with van der Waals surface area (Å²) in [4.78, 5) is 40.4. The van der Waals surface area contributed by atoms with E-state index < -0.39 is 29.1 Å². The van der Waals surface area contributed by atoms with E-state index in [4.69, 9.17) is 9.47 Å². The Labute approximate surface area is 171 Å². The average molecular weight is 405 g/mol. The Morgan fingerprint density at radius 3 is 2.55 bits per heavy atom. The molecule has 7 nitrogen and oxygen atoms in total. The van der Waals surface area contributed by atoms with Gasteiger partial charge in [-0.15, -0.1) is 0 Å². The van der Waals surface area contributed by atoms with Gasteiger partial charge in [-0.1, -0.05) is 27.2 Å². The molecule has 1 aliphatic carbocycles. The Bertz CT molecular complexity index is 768. The molecule has 29 heavy (non-hydrogen) atoms. The fourth-order valence-corrected chi connectivity index (χ4v) is 7.53. The summed E-state index contributed by atoms with van der Waals surface area (Å²) >= 11 is 0. The minimum Gasteiger partial charge on any atom is -0.461 e. The van der Waals surface area contributed by atoms with Crippen LogP contribution in [-0.2, 0) is 23.9 Å². The van der Waals surface area contributed by atoms with Gasteiger partial charge in [0.2, 0.25) is 5.91 Å². The summed E-state index contributed by atoms with van der Waals surface area (Å²) in [6, 6.07) is -0.341. The van der Waals surface area contributed by atoms with Crippen molar-refractivity contribution in [1.29, 1.82) is 0 Å². The fraction of sp³-hybridized carbons (Fsp3) is 0.864. The van der Waals surface area contributed by atoms with Crippen LogP contribution in [0.3, 0.4) is 0 Å². The largest absolute Gasteiger partial charge is 0.461 e. The number of esters is 2. The van der Waals surface area contributed by atoms with Crippen LogP contribution in [-0.4, -0.2) is 58.2 Å². The number of hydrogen-bond acceptors (Lipinski definition) is 6. The number of nitrogens with zero attached hydrogens (tertiary/aromatic N) is 1. The molecule has 0 aromatic rings. The predicted octanol–water partition coefficient (Wildman–Crippen LogP) is 1.66. The van der Waals surface area contributed by atoms with Crippen LogP contribution in [0.2, 0.25) is 0 Å². The highest BCUT2D eigenvalue weighted by Gasteiger charge is 2.78. The van der Waals surface area contributed by atoms with E-state index in [9.17, 15) is 19.5 Å². The van der Waals surface area contributed by atoms with Gasteiger partial charge in [0.25, 0.3) is 0 Å². The molecule has 1 spiro atoms. The van der Waals surface area contributed by atoms with Gasteiger partial charge in [-0.25, -0.2) is 0 Å². The standard InChI is InChI=1S/C22H31NO6/c1-4-13-17-16(12(3)19(25)29-17)22(27)10-14(15-9-11(2)18(24)28-15)23-8-6-5-7-21(13,22)20(23)26/h11-17,27H,4-10H2,1-3H3/t11-,12?,13-,14-,15-,16?,17?,21-,22-/m0/s1. The molecule has 5 fully saturated rings. The van der Waals surface area contributed by atoms with Crippen LogP contribution in [0.15, 0.2) is 0 Å². The second kappa shape index (κ2) is 6.19. The molecule has 1 saturated carbocycles. The molecule has 9 atom stereocenters. The molecule has 5 aliphatic rings. The fourth-order valence-electron chi connectivity index (χ4n) is 7.53.